The zero-order chi connectivity index (χ0) is 12.1. The zero-order valence-electron chi connectivity index (χ0n) is 10.8. The Bertz CT molecular complexity index is 339. The molecule has 4 nitrogen and oxygen atoms in total. The maximum absolute atomic E-state index is 4.48. The Balaban J connectivity index is 1.84. The second-order valence-electron chi connectivity index (χ2n) is 4.78. The van der Waals surface area contributed by atoms with Gasteiger partial charge in [-0.1, -0.05) is 6.92 Å². The minimum Gasteiger partial charge on any atom is -0.347 e. The van der Waals surface area contributed by atoms with Gasteiger partial charge in [0.15, 0.2) is 0 Å². The van der Waals surface area contributed by atoms with Gasteiger partial charge in [0.05, 0.1) is 0 Å². The molecule has 5 heteroatoms. The number of nitrogens with zero attached hydrogens (tertiary/aromatic N) is 3. The van der Waals surface area contributed by atoms with Crippen molar-refractivity contribution in [2.75, 3.05) is 31.1 Å². The molecule has 2 rings (SSSR count). The number of anilines is 1. The Morgan fingerprint density at radius 3 is 3.12 bits per heavy atom. The molecule has 2 heterocycles. The molecular formula is C12H22N4S. The second kappa shape index (κ2) is 6.31. The highest BCUT2D eigenvalue weighted by molar-refractivity contribution is 7.09. The predicted molar refractivity (Wildman–Crippen MR) is 72.7 cm³/mol. The summed E-state index contributed by atoms with van der Waals surface area (Å²) in [6.07, 6.45) is 3.83. The van der Waals surface area contributed by atoms with Crippen LogP contribution in [0.2, 0.25) is 0 Å². The lowest BCUT2D eigenvalue weighted by Gasteiger charge is -2.32. The monoisotopic (exact) mass is 254 g/mol. The van der Waals surface area contributed by atoms with Crippen molar-refractivity contribution in [2.24, 2.45) is 5.92 Å². The minimum absolute atomic E-state index is 0.763. The van der Waals surface area contributed by atoms with Crippen LogP contribution >= 0.6 is 11.5 Å². The van der Waals surface area contributed by atoms with Crippen molar-refractivity contribution >= 4 is 16.7 Å². The standard InChI is InChI=1S/C12H22N4S/c1-3-6-13-8-11-5-4-7-16(9-11)12-14-10(2)15-17-12/h11,13H,3-9H2,1-2H3. The summed E-state index contributed by atoms with van der Waals surface area (Å²) in [5.41, 5.74) is 0. The molecule has 1 atom stereocenters. The normalized spacial score (nSPS) is 20.8. The summed E-state index contributed by atoms with van der Waals surface area (Å²) in [7, 11) is 0. The number of aromatic nitrogens is 2. The molecule has 0 spiro atoms. The van der Waals surface area contributed by atoms with Crippen molar-refractivity contribution in [3.8, 4) is 0 Å². The average molecular weight is 254 g/mol. The van der Waals surface area contributed by atoms with Gasteiger partial charge in [-0.3, -0.25) is 0 Å². The number of aryl methyl sites for hydroxylation is 1. The lowest BCUT2D eigenvalue weighted by Crippen LogP contribution is -2.39. The molecule has 1 aliphatic rings. The van der Waals surface area contributed by atoms with Crippen molar-refractivity contribution < 1.29 is 0 Å². The smallest absolute Gasteiger partial charge is 0.205 e. The van der Waals surface area contributed by atoms with Gasteiger partial charge in [0.1, 0.15) is 5.82 Å². The van der Waals surface area contributed by atoms with E-state index in [-0.39, 0.29) is 0 Å². The summed E-state index contributed by atoms with van der Waals surface area (Å²) in [6.45, 7) is 8.72. The van der Waals surface area contributed by atoms with E-state index in [1.807, 2.05) is 6.92 Å². The third kappa shape index (κ3) is 3.64. The number of piperidine rings is 1. The first-order valence-electron chi connectivity index (χ1n) is 6.55. The van der Waals surface area contributed by atoms with Crippen molar-refractivity contribution in [3.05, 3.63) is 5.82 Å². The SMILES string of the molecule is CCCNCC1CCCN(c2nc(C)ns2)C1. The van der Waals surface area contributed by atoms with Gasteiger partial charge in [-0.25, -0.2) is 4.98 Å². The molecule has 0 saturated carbocycles. The zero-order valence-corrected chi connectivity index (χ0v) is 11.6. The number of hydrogen-bond donors (Lipinski definition) is 1. The average Bonchev–Trinajstić information content (AvgIpc) is 2.77. The van der Waals surface area contributed by atoms with Crippen molar-refractivity contribution in [1.82, 2.24) is 14.7 Å². The van der Waals surface area contributed by atoms with Gasteiger partial charge in [-0.05, 0) is 45.2 Å². The number of hydrogen-bond acceptors (Lipinski definition) is 5. The van der Waals surface area contributed by atoms with Crippen LogP contribution in [0.5, 0.6) is 0 Å². The largest absolute Gasteiger partial charge is 0.347 e. The lowest BCUT2D eigenvalue weighted by atomic mass is 9.98. The van der Waals surface area contributed by atoms with Crippen LogP contribution < -0.4 is 10.2 Å². The van der Waals surface area contributed by atoms with E-state index in [1.54, 1.807) is 0 Å². The third-order valence-corrected chi connectivity index (χ3v) is 4.03. The van der Waals surface area contributed by atoms with Crippen LogP contribution in [0.4, 0.5) is 5.13 Å². The maximum atomic E-state index is 4.48. The minimum atomic E-state index is 0.763. The summed E-state index contributed by atoms with van der Waals surface area (Å²) in [5.74, 6) is 1.66. The molecule has 1 aliphatic heterocycles. The van der Waals surface area contributed by atoms with Gasteiger partial charge in [0.2, 0.25) is 5.13 Å². The Labute approximate surface area is 108 Å². The first kappa shape index (κ1) is 12.8. The quantitative estimate of drug-likeness (QED) is 0.817. The van der Waals surface area contributed by atoms with Crippen LogP contribution in [-0.2, 0) is 0 Å². The van der Waals surface area contributed by atoms with E-state index < -0.39 is 0 Å². The fourth-order valence-electron chi connectivity index (χ4n) is 2.30. The molecule has 0 bridgehead atoms. The van der Waals surface area contributed by atoms with E-state index >= 15 is 0 Å². The van der Waals surface area contributed by atoms with Crippen molar-refractivity contribution in [2.45, 2.75) is 33.1 Å². The molecule has 0 radical (unpaired) electrons. The van der Waals surface area contributed by atoms with Crippen LogP contribution in [0.15, 0.2) is 0 Å². The van der Waals surface area contributed by atoms with Gasteiger partial charge < -0.3 is 10.2 Å². The molecule has 1 N–H and O–H groups in total. The van der Waals surface area contributed by atoms with E-state index in [2.05, 4.69) is 26.5 Å². The fraction of sp³-hybridized carbons (Fsp3) is 0.833. The Hall–Kier alpha value is -0.680. The third-order valence-electron chi connectivity index (χ3n) is 3.17. The summed E-state index contributed by atoms with van der Waals surface area (Å²) in [4.78, 5) is 6.87. The highest BCUT2D eigenvalue weighted by Crippen LogP contribution is 2.24. The van der Waals surface area contributed by atoms with Crippen molar-refractivity contribution in [3.63, 3.8) is 0 Å². The van der Waals surface area contributed by atoms with Crippen molar-refractivity contribution in [1.29, 1.82) is 0 Å². The molecule has 1 saturated heterocycles. The highest BCUT2D eigenvalue weighted by atomic mass is 32.1. The Kier molecular flexibility index (Phi) is 4.74. The Morgan fingerprint density at radius 1 is 1.53 bits per heavy atom. The van der Waals surface area contributed by atoms with Crippen LogP contribution in [-0.4, -0.2) is 35.5 Å². The van der Waals surface area contributed by atoms with Gasteiger partial charge >= 0.3 is 0 Å². The van der Waals surface area contributed by atoms with E-state index in [9.17, 15) is 0 Å². The van der Waals surface area contributed by atoms with Crippen LogP contribution in [0, 0.1) is 12.8 Å². The van der Waals surface area contributed by atoms with E-state index in [0.29, 0.717) is 0 Å². The van der Waals surface area contributed by atoms with Gasteiger partial charge in [0, 0.05) is 24.6 Å². The first-order chi connectivity index (χ1) is 8.29. The molecule has 96 valence electrons. The van der Waals surface area contributed by atoms with E-state index in [0.717, 1.165) is 43.1 Å². The molecule has 1 unspecified atom stereocenters. The highest BCUT2D eigenvalue weighted by Gasteiger charge is 2.21. The molecular weight excluding hydrogens is 232 g/mol. The molecule has 0 aliphatic carbocycles. The number of nitrogens with one attached hydrogen (secondary N) is 1. The van der Waals surface area contributed by atoms with Crippen LogP contribution in [0.1, 0.15) is 32.0 Å². The van der Waals surface area contributed by atoms with Gasteiger partial charge in [-0.2, -0.15) is 4.37 Å². The molecule has 1 aromatic rings. The fourth-order valence-corrected chi connectivity index (χ4v) is 3.01. The van der Waals surface area contributed by atoms with Gasteiger partial charge in [0.25, 0.3) is 0 Å². The number of rotatable bonds is 5. The molecule has 1 aromatic heterocycles. The molecule has 17 heavy (non-hydrogen) atoms. The summed E-state index contributed by atoms with van der Waals surface area (Å²) in [5, 5.41) is 4.62. The first-order valence-corrected chi connectivity index (χ1v) is 7.33. The Morgan fingerprint density at radius 2 is 2.41 bits per heavy atom. The maximum Gasteiger partial charge on any atom is 0.205 e. The molecule has 1 fully saturated rings. The predicted octanol–water partition coefficient (Wildman–Crippen LogP) is 2.06. The topological polar surface area (TPSA) is 41.0 Å². The summed E-state index contributed by atoms with van der Waals surface area (Å²) in [6, 6.07) is 0. The van der Waals surface area contributed by atoms with Crippen LogP contribution in [0.3, 0.4) is 0 Å². The van der Waals surface area contributed by atoms with Gasteiger partial charge in [-0.15, -0.1) is 0 Å². The van der Waals surface area contributed by atoms with E-state index in [4.69, 9.17) is 0 Å². The molecule has 0 amide bonds. The second-order valence-corrected chi connectivity index (χ2v) is 5.51. The summed E-state index contributed by atoms with van der Waals surface area (Å²) < 4.78 is 4.27. The van der Waals surface area contributed by atoms with E-state index in [1.165, 1.54) is 30.8 Å². The van der Waals surface area contributed by atoms with Crippen LogP contribution in [0.25, 0.3) is 0 Å². The summed E-state index contributed by atoms with van der Waals surface area (Å²) >= 11 is 1.53. The molecule has 0 aromatic carbocycles. The lowest BCUT2D eigenvalue weighted by molar-refractivity contribution is 0.392.